The van der Waals surface area contributed by atoms with E-state index in [2.05, 4.69) is 233 Å². The van der Waals surface area contributed by atoms with Crippen molar-refractivity contribution >= 4 is 80.7 Å². The van der Waals surface area contributed by atoms with Crippen LogP contribution in [0, 0.1) is 27.7 Å². The van der Waals surface area contributed by atoms with Gasteiger partial charge in [0.25, 0.3) is 34.1 Å². The fourth-order valence-electron chi connectivity index (χ4n) is 21.8. The highest BCUT2D eigenvalue weighted by Crippen LogP contribution is 2.69. The summed E-state index contributed by atoms with van der Waals surface area (Å²) in [6, 6.07) is 43.4. The van der Waals surface area contributed by atoms with Gasteiger partial charge in [-0.2, -0.15) is 9.97 Å². The van der Waals surface area contributed by atoms with Gasteiger partial charge in [0.15, 0.2) is 22.9 Å². The first kappa shape index (κ1) is 98.5. The lowest BCUT2D eigenvalue weighted by Crippen LogP contribution is -2.36. The Kier molecular flexibility index (Phi) is 30.0. The van der Waals surface area contributed by atoms with Crippen LogP contribution < -0.4 is 11.4 Å². The molecule has 0 bridgehead atoms. The monoisotopic (exact) mass is 1960 g/mol. The lowest BCUT2D eigenvalue weighted by molar-refractivity contribution is -0.0198. The van der Waals surface area contributed by atoms with Crippen molar-refractivity contribution in [2.75, 3.05) is 54.4 Å². The summed E-state index contributed by atoms with van der Waals surface area (Å²) in [5.41, 5.74) is 9.23. The molecule has 34 nitrogen and oxygen atoms in total. The van der Waals surface area contributed by atoms with E-state index in [0.717, 1.165) is 148 Å². The van der Waals surface area contributed by atoms with E-state index < -0.39 is 57.8 Å². The van der Waals surface area contributed by atoms with Gasteiger partial charge in [-0.05, 0) is 155 Å². The Hall–Kier alpha value is -8.24. The van der Waals surface area contributed by atoms with Gasteiger partial charge in [-0.15, -0.1) is 0 Å². The van der Waals surface area contributed by atoms with Crippen LogP contribution in [-0.2, 0) is 77.5 Å². The molecule has 22 rings (SSSR count). The first-order valence-electron chi connectivity index (χ1n) is 49.2. The van der Waals surface area contributed by atoms with E-state index in [1.54, 1.807) is 56.7 Å². The average Bonchev–Trinajstić information content (AvgIpc) is 1.60. The van der Waals surface area contributed by atoms with Crippen LogP contribution in [0.5, 0.6) is 0 Å². The number of rotatable bonds is 24. The van der Waals surface area contributed by atoms with Gasteiger partial charge < -0.3 is 64.9 Å². The maximum atomic E-state index is 12.9. The van der Waals surface area contributed by atoms with Crippen molar-refractivity contribution in [3.63, 3.8) is 0 Å². The lowest BCUT2D eigenvalue weighted by atomic mass is 9.87. The molecule has 0 N–H and O–H groups in total. The normalized spacial score (nSPS) is 33.3. The predicted octanol–water partition coefficient (Wildman–Crippen LogP) is 18.7. The van der Waals surface area contributed by atoms with E-state index in [4.69, 9.17) is 55.1 Å². The zero-order valence-corrected chi connectivity index (χ0v) is 85.6. The van der Waals surface area contributed by atoms with Gasteiger partial charge in [-0.3, -0.25) is 18.3 Å². The van der Waals surface area contributed by atoms with Crippen LogP contribution in [-0.4, -0.2) is 227 Å². The van der Waals surface area contributed by atoms with Crippen LogP contribution in [0.1, 0.15) is 228 Å². The van der Waals surface area contributed by atoms with Crippen molar-refractivity contribution < 1.29 is 55.1 Å². The molecule has 24 atom stereocenters. The van der Waals surface area contributed by atoms with Crippen molar-refractivity contribution in [2.24, 2.45) is 9.98 Å². The van der Waals surface area contributed by atoms with Gasteiger partial charge in [0.2, 0.25) is 0 Å². The molecule has 10 aromatic rings. The predicted molar refractivity (Wildman–Crippen MR) is 531 cm³/mol. The molecule has 6 aromatic heterocycles. The topological polar surface area (TPSA) is 312 Å². The van der Waals surface area contributed by atoms with Crippen LogP contribution in [0.3, 0.4) is 0 Å². The van der Waals surface area contributed by atoms with Gasteiger partial charge >= 0.3 is 11.4 Å². The highest BCUT2D eigenvalue weighted by Gasteiger charge is 2.61. The average molecular weight is 1960 g/mol. The molecule has 38 heteroatoms. The molecule has 138 heavy (non-hydrogen) atoms. The van der Waals surface area contributed by atoms with Gasteiger partial charge in [-0.1, -0.05) is 149 Å². The minimum absolute atomic E-state index is 0.00567. The number of benzene rings is 4. The molecule has 12 saturated heterocycles. The van der Waals surface area contributed by atoms with Crippen LogP contribution in [0.25, 0.3) is 22.3 Å². The minimum atomic E-state index is -1.23. The van der Waals surface area contributed by atoms with Crippen LogP contribution >= 0.6 is 34.1 Å². The van der Waals surface area contributed by atoms with Crippen LogP contribution in [0.4, 0.5) is 11.6 Å². The zero-order valence-electron chi connectivity index (χ0n) is 82.0. The summed E-state index contributed by atoms with van der Waals surface area (Å²) in [6.07, 6.45) is 26.9. The highest BCUT2D eigenvalue weighted by molar-refractivity contribution is 7.45. The van der Waals surface area contributed by atoms with Crippen LogP contribution in [0.15, 0.2) is 179 Å². The second kappa shape index (κ2) is 42.0. The summed E-state index contributed by atoms with van der Waals surface area (Å²) in [6.45, 7) is 29.0. The van der Waals surface area contributed by atoms with E-state index in [0.29, 0.717) is 48.6 Å². The lowest BCUT2D eigenvalue weighted by Gasteiger charge is -2.29. The third-order valence-electron chi connectivity index (χ3n) is 29.3. The molecule has 0 aliphatic carbocycles. The van der Waals surface area contributed by atoms with Gasteiger partial charge in [0, 0.05) is 104 Å². The maximum absolute atomic E-state index is 12.9. The molecule has 736 valence electrons. The zero-order chi connectivity index (χ0) is 96.1. The molecule has 4 unspecified atom stereocenters. The number of hydrogen-bond donors (Lipinski definition) is 0. The molecule has 18 heterocycles. The molecule has 0 radical (unpaired) electrons. The molecule has 12 aliphatic rings. The number of aliphatic imine (C=N–C) groups is 2. The van der Waals surface area contributed by atoms with E-state index in [9.17, 15) is 9.59 Å². The summed E-state index contributed by atoms with van der Waals surface area (Å²) in [4.78, 5) is 72.9. The van der Waals surface area contributed by atoms with Gasteiger partial charge in [0.1, 0.15) is 71.0 Å². The molecule has 12 aliphatic heterocycles. The second-order valence-electron chi connectivity index (χ2n) is 39.0. The third kappa shape index (κ3) is 19.6. The molecule has 4 aromatic carbocycles. The Labute approximate surface area is 813 Å². The quantitative estimate of drug-likeness (QED) is 0.0308. The van der Waals surface area contributed by atoms with E-state index in [-0.39, 0.29) is 83.9 Å². The number of fused-ring (bicyclic) bond motifs is 6. The van der Waals surface area contributed by atoms with Crippen molar-refractivity contribution in [3.8, 4) is 0 Å². The number of aromatic nitrogens is 12. The Morgan fingerprint density at radius 3 is 0.920 bits per heavy atom. The number of aryl methyl sites for hydroxylation is 4. The van der Waals surface area contributed by atoms with Crippen molar-refractivity contribution in [1.29, 1.82) is 0 Å². The van der Waals surface area contributed by atoms with Gasteiger partial charge in [-0.25, -0.2) is 68.2 Å². The van der Waals surface area contributed by atoms with E-state index in [1.807, 2.05) is 89.8 Å². The first-order chi connectivity index (χ1) is 66.8. The Bertz CT molecular complexity index is 5690. The molecule has 0 spiro atoms. The highest BCUT2D eigenvalue weighted by atomic mass is 31.2. The summed E-state index contributed by atoms with van der Waals surface area (Å²) in [5, 5.41) is 0. The number of imidazole rings is 2. The summed E-state index contributed by atoms with van der Waals surface area (Å²) in [7, 11) is 2.73. The largest absolute Gasteiger partial charge is 0.369 e. The number of hydrogen-bond acceptors (Lipinski definition) is 28. The first-order valence-corrected chi connectivity index (χ1v) is 53.7. The molecule has 0 saturated carbocycles. The Morgan fingerprint density at radius 1 is 0.391 bits per heavy atom. The molecule has 12 fully saturated rings. The third-order valence-corrected chi connectivity index (χ3v) is 36.9. The van der Waals surface area contributed by atoms with Crippen molar-refractivity contribution in [2.45, 2.75) is 306 Å². The van der Waals surface area contributed by atoms with Gasteiger partial charge in [0.05, 0.1) is 110 Å². The van der Waals surface area contributed by atoms with Crippen molar-refractivity contribution in [3.05, 3.63) is 225 Å². The fraction of sp³-hybridized carbons (Fsp3) is 0.560. The minimum Gasteiger partial charge on any atom is -0.369 e. The Balaban J connectivity index is 0.000000118. The molecule has 0 amide bonds. The second-order valence-corrected chi connectivity index (χ2v) is 44.5. The maximum Gasteiger partial charge on any atom is 0.351 e. The smallest absolute Gasteiger partial charge is 0.351 e. The number of ether oxygens (including phenoxy) is 4. The van der Waals surface area contributed by atoms with Crippen LogP contribution in [0.2, 0.25) is 0 Å². The Morgan fingerprint density at radius 2 is 0.659 bits per heavy atom. The molecular weight excluding hydrogens is 1830 g/mol. The number of nitrogens with zero attached hydrogens (tertiary/aromatic N) is 20. The molecular formula is C100H132N20O14P4. The summed E-state index contributed by atoms with van der Waals surface area (Å²) < 4.78 is 96.3. The van der Waals surface area contributed by atoms with E-state index >= 15 is 0 Å². The summed E-state index contributed by atoms with van der Waals surface area (Å²) >= 11 is 0. The standard InChI is InChI=1S/2C26H36N5O4P.2C24H30N5O3P/c2*1-6-20-21(15-23(33-20)30-16-18(2)24(28-25(30)32)27-17-29(4)5)34-36-31-14-10-13-22(31)26(3,35-36)19-11-8-7-9-12-19;2*1-4-18-19(13-21(30-18)28-15-27-22-16(2)25-14-26-23(22)28)31-33-29-12-8-11-20(29)24(3,32-33)17-9-6-5-7-10-17/h2*7-9,11-12,16-17,20-23H,6,10,13-15H2,1-5H3;2*5-7,9-10,14-15,18-21H,4,8,11-13H2,1-3H3/t20-,21?,22+,23-,26-,36+;20-,21?,22-,23-,26+,36-;18-,19?,20+,21-,24-,33+;18-,19?,20-,21-,24+,33-/m1111/s1. The van der Waals surface area contributed by atoms with E-state index in [1.165, 1.54) is 35.1 Å². The summed E-state index contributed by atoms with van der Waals surface area (Å²) in [5.74, 6) is 0.844. The van der Waals surface area contributed by atoms with Crippen molar-refractivity contribution in [1.82, 2.24) is 86.6 Å². The SMILES string of the molecule is CC[C@H]1O[C@@H](n2cc(C)c(N=CN(C)C)nc2=O)CC1O[P@@]1O[C@](C)(c2ccccc2)[C@@H]2CCCN21.CC[C@H]1O[C@@H](n2cc(C)c(N=CN(C)C)nc2=O)CC1O[P@]1O[C@@](C)(c2ccccc2)[C@H]2CCCN21.CC[C@H]1O[C@@H](n2cnc3c(C)ncnc32)CC1O[P@@]1O[C@](C)(c2ccccc2)[C@@H]2CCCN21.CC[C@H]1O[C@@H](n2cnc3c(C)ncnc32)CC1O[P@]1O[C@@](C)(c2ccccc2)[C@H]2CCCN21. The fourth-order valence-corrected chi connectivity index (χ4v) is 30.4.